The van der Waals surface area contributed by atoms with E-state index in [1.54, 1.807) is 7.11 Å². The lowest BCUT2D eigenvalue weighted by Gasteiger charge is -2.08. The van der Waals surface area contributed by atoms with Gasteiger partial charge in [0.05, 0.1) is 20.6 Å². The Morgan fingerprint density at radius 3 is 2.76 bits per heavy atom. The van der Waals surface area contributed by atoms with Crippen molar-refractivity contribution in [2.75, 3.05) is 20.8 Å². The first-order valence-electron chi connectivity index (χ1n) is 5.27. The van der Waals surface area contributed by atoms with Gasteiger partial charge >= 0.3 is 5.97 Å². The molecule has 0 bridgehead atoms. The van der Waals surface area contributed by atoms with Crippen LogP contribution in [0.2, 0.25) is 0 Å². The fourth-order valence-corrected chi connectivity index (χ4v) is 1.81. The van der Waals surface area contributed by atoms with E-state index < -0.39 is 0 Å². The molecule has 0 aliphatic heterocycles. The van der Waals surface area contributed by atoms with Gasteiger partial charge in [0.2, 0.25) is 0 Å². The largest absolute Gasteiger partial charge is 0.497 e. The standard InChI is InChI=1S/C12H16BrNO3/c1-16-10-4-3-9(11(13)7-10)8-14-6-5-12(15)17-2/h3-4,7,14H,5-6,8H2,1-2H3. The molecule has 0 spiro atoms. The minimum Gasteiger partial charge on any atom is -0.497 e. The average molecular weight is 302 g/mol. The highest BCUT2D eigenvalue weighted by atomic mass is 79.9. The highest BCUT2D eigenvalue weighted by molar-refractivity contribution is 9.10. The summed E-state index contributed by atoms with van der Waals surface area (Å²) in [5, 5.41) is 3.17. The van der Waals surface area contributed by atoms with E-state index in [0.717, 1.165) is 15.8 Å². The molecule has 0 saturated carbocycles. The molecule has 0 amide bonds. The summed E-state index contributed by atoms with van der Waals surface area (Å²) < 4.78 is 10.7. The van der Waals surface area contributed by atoms with E-state index in [0.29, 0.717) is 19.5 Å². The minimum absolute atomic E-state index is 0.203. The van der Waals surface area contributed by atoms with Crippen molar-refractivity contribution < 1.29 is 14.3 Å². The lowest BCUT2D eigenvalue weighted by molar-refractivity contribution is -0.140. The number of ether oxygens (including phenoxy) is 2. The molecule has 1 aromatic carbocycles. The van der Waals surface area contributed by atoms with Crippen molar-refractivity contribution in [3.63, 3.8) is 0 Å². The van der Waals surface area contributed by atoms with Crippen LogP contribution < -0.4 is 10.1 Å². The van der Waals surface area contributed by atoms with Gasteiger partial charge in [-0.2, -0.15) is 0 Å². The normalized spacial score (nSPS) is 10.1. The highest BCUT2D eigenvalue weighted by Crippen LogP contribution is 2.22. The van der Waals surface area contributed by atoms with Crippen LogP contribution in [0.25, 0.3) is 0 Å². The van der Waals surface area contributed by atoms with Crippen molar-refractivity contribution in [3.05, 3.63) is 28.2 Å². The van der Waals surface area contributed by atoms with Gasteiger partial charge in [0.25, 0.3) is 0 Å². The topological polar surface area (TPSA) is 47.6 Å². The van der Waals surface area contributed by atoms with Crippen LogP contribution in [-0.4, -0.2) is 26.7 Å². The Morgan fingerprint density at radius 1 is 1.41 bits per heavy atom. The summed E-state index contributed by atoms with van der Waals surface area (Å²) in [6, 6.07) is 5.80. The van der Waals surface area contributed by atoms with E-state index in [9.17, 15) is 4.79 Å². The average Bonchev–Trinajstić information content (AvgIpc) is 2.35. The van der Waals surface area contributed by atoms with Crippen LogP contribution in [0.1, 0.15) is 12.0 Å². The van der Waals surface area contributed by atoms with Crippen molar-refractivity contribution in [1.29, 1.82) is 0 Å². The van der Waals surface area contributed by atoms with Gasteiger partial charge in [0.15, 0.2) is 0 Å². The van der Waals surface area contributed by atoms with Gasteiger partial charge in [-0.15, -0.1) is 0 Å². The maximum Gasteiger partial charge on any atom is 0.306 e. The first kappa shape index (κ1) is 14.0. The van der Waals surface area contributed by atoms with Crippen molar-refractivity contribution in [2.24, 2.45) is 0 Å². The van der Waals surface area contributed by atoms with Crippen molar-refractivity contribution in [2.45, 2.75) is 13.0 Å². The maximum atomic E-state index is 10.9. The number of benzene rings is 1. The fraction of sp³-hybridized carbons (Fsp3) is 0.417. The highest BCUT2D eigenvalue weighted by Gasteiger charge is 2.03. The van der Waals surface area contributed by atoms with E-state index in [2.05, 4.69) is 26.0 Å². The Morgan fingerprint density at radius 2 is 2.18 bits per heavy atom. The Kier molecular flexibility index (Phi) is 6.00. The Bertz CT molecular complexity index is 382. The third kappa shape index (κ3) is 4.75. The maximum absolute atomic E-state index is 10.9. The van der Waals surface area contributed by atoms with Gasteiger partial charge < -0.3 is 14.8 Å². The van der Waals surface area contributed by atoms with Gasteiger partial charge in [-0.1, -0.05) is 22.0 Å². The lowest BCUT2D eigenvalue weighted by atomic mass is 10.2. The predicted molar refractivity (Wildman–Crippen MR) is 69.0 cm³/mol. The number of nitrogens with one attached hydrogen (secondary N) is 1. The number of esters is 1. The first-order valence-corrected chi connectivity index (χ1v) is 6.06. The second kappa shape index (κ2) is 7.29. The molecule has 0 aromatic heterocycles. The zero-order valence-corrected chi connectivity index (χ0v) is 11.5. The minimum atomic E-state index is -0.203. The van der Waals surface area contributed by atoms with Crippen LogP contribution in [-0.2, 0) is 16.1 Å². The zero-order chi connectivity index (χ0) is 12.7. The van der Waals surface area contributed by atoms with Crippen LogP contribution in [0.5, 0.6) is 5.75 Å². The van der Waals surface area contributed by atoms with Gasteiger partial charge in [0.1, 0.15) is 5.75 Å². The number of hydrogen-bond acceptors (Lipinski definition) is 4. The van der Waals surface area contributed by atoms with Gasteiger partial charge in [0, 0.05) is 17.6 Å². The van der Waals surface area contributed by atoms with Crippen LogP contribution >= 0.6 is 15.9 Å². The van der Waals surface area contributed by atoms with Gasteiger partial charge in [-0.3, -0.25) is 4.79 Å². The quantitative estimate of drug-likeness (QED) is 0.646. The molecule has 1 aromatic rings. The number of halogens is 1. The molecule has 0 heterocycles. The second-order valence-corrected chi connectivity index (χ2v) is 4.31. The van der Waals surface area contributed by atoms with E-state index >= 15 is 0 Å². The summed E-state index contributed by atoms with van der Waals surface area (Å²) in [6.45, 7) is 1.30. The smallest absolute Gasteiger partial charge is 0.306 e. The van der Waals surface area contributed by atoms with Crippen molar-refractivity contribution >= 4 is 21.9 Å². The van der Waals surface area contributed by atoms with E-state index in [1.165, 1.54) is 7.11 Å². The predicted octanol–water partition coefficient (Wildman–Crippen LogP) is 2.11. The molecule has 1 rings (SSSR count). The number of carbonyl (C=O) groups excluding carboxylic acids is 1. The Labute approximate surface area is 109 Å². The number of hydrogen-bond donors (Lipinski definition) is 1. The van der Waals surface area contributed by atoms with E-state index in [4.69, 9.17) is 4.74 Å². The molecule has 17 heavy (non-hydrogen) atoms. The third-order valence-corrected chi connectivity index (χ3v) is 3.05. The summed E-state index contributed by atoms with van der Waals surface area (Å²) in [5.74, 6) is 0.612. The molecule has 1 N–H and O–H groups in total. The molecule has 4 nitrogen and oxygen atoms in total. The number of carbonyl (C=O) groups is 1. The number of rotatable bonds is 6. The van der Waals surface area contributed by atoms with Crippen LogP contribution in [0.4, 0.5) is 0 Å². The molecule has 94 valence electrons. The summed E-state index contributed by atoms with van der Waals surface area (Å²) >= 11 is 3.47. The van der Waals surface area contributed by atoms with Crippen LogP contribution in [0.15, 0.2) is 22.7 Å². The summed E-state index contributed by atoms with van der Waals surface area (Å²) in [5.41, 5.74) is 1.12. The third-order valence-electron chi connectivity index (χ3n) is 2.31. The summed E-state index contributed by atoms with van der Waals surface area (Å²) in [7, 11) is 3.03. The molecule has 0 fully saturated rings. The van der Waals surface area contributed by atoms with Crippen molar-refractivity contribution in [3.8, 4) is 5.75 Å². The molecule has 5 heteroatoms. The van der Waals surface area contributed by atoms with Gasteiger partial charge in [-0.05, 0) is 17.7 Å². The van der Waals surface area contributed by atoms with E-state index in [1.807, 2.05) is 18.2 Å². The Balaban J connectivity index is 2.39. The van der Waals surface area contributed by atoms with Gasteiger partial charge in [-0.25, -0.2) is 0 Å². The van der Waals surface area contributed by atoms with E-state index in [-0.39, 0.29) is 5.97 Å². The van der Waals surface area contributed by atoms with Crippen LogP contribution in [0, 0.1) is 0 Å². The molecular formula is C12H16BrNO3. The van der Waals surface area contributed by atoms with Crippen molar-refractivity contribution in [1.82, 2.24) is 5.32 Å². The molecule has 0 unspecified atom stereocenters. The molecular weight excluding hydrogens is 286 g/mol. The molecule has 0 radical (unpaired) electrons. The SMILES string of the molecule is COC(=O)CCNCc1ccc(OC)cc1Br. The monoisotopic (exact) mass is 301 g/mol. The molecule has 0 aliphatic rings. The summed E-state index contributed by atoms with van der Waals surface area (Å²) in [6.07, 6.45) is 0.379. The second-order valence-electron chi connectivity index (χ2n) is 3.46. The molecule has 0 atom stereocenters. The Hall–Kier alpha value is -1.07. The zero-order valence-electron chi connectivity index (χ0n) is 9.96. The molecule has 0 aliphatic carbocycles. The van der Waals surface area contributed by atoms with Crippen LogP contribution in [0.3, 0.4) is 0 Å². The number of methoxy groups -OCH3 is 2. The first-order chi connectivity index (χ1) is 8.17. The molecule has 0 saturated heterocycles. The lowest BCUT2D eigenvalue weighted by Crippen LogP contribution is -2.18. The fourth-order valence-electron chi connectivity index (χ4n) is 1.31. The summed E-state index contributed by atoms with van der Waals surface area (Å²) in [4.78, 5) is 10.9.